The maximum absolute atomic E-state index is 9.55. The Hall–Kier alpha value is -2.34. The number of benzene rings is 1. The van der Waals surface area contributed by atoms with Crippen molar-refractivity contribution in [3.8, 4) is 0 Å². The summed E-state index contributed by atoms with van der Waals surface area (Å²) >= 11 is 0. The van der Waals surface area contributed by atoms with Gasteiger partial charge in [-0.2, -0.15) is 0 Å². The van der Waals surface area contributed by atoms with E-state index in [1.807, 2.05) is 0 Å². The van der Waals surface area contributed by atoms with Crippen molar-refractivity contribution >= 4 is 17.6 Å². The highest BCUT2D eigenvalue weighted by Gasteiger charge is 2.30. The standard InChI is InChI=1S/C18H28N2.C4H4O4/c1-3-10-19(11-4-2)17-13-16-8-5-7-15-9-6-12-20(14-17)18(15)16;5-3(6)1-2-4(7)8/h5,7-8,17H,3-4,6,9-14H2,1-2H3;1-2H,(H,5,6)(H,7,8)/b;2-1+. The Kier molecular flexibility index (Phi) is 8.51. The van der Waals surface area contributed by atoms with Crippen molar-refractivity contribution in [2.24, 2.45) is 0 Å². The van der Waals surface area contributed by atoms with E-state index in [0.29, 0.717) is 12.2 Å². The molecule has 1 aromatic carbocycles. The van der Waals surface area contributed by atoms with Gasteiger partial charge in [-0.3, -0.25) is 4.90 Å². The normalized spacial score (nSPS) is 17.8. The molecule has 3 rings (SSSR count). The third kappa shape index (κ3) is 6.09. The van der Waals surface area contributed by atoms with Gasteiger partial charge in [0.25, 0.3) is 0 Å². The van der Waals surface area contributed by atoms with Crippen LogP contribution in [0.5, 0.6) is 0 Å². The van der Waals surface area contributed by atoms with Crippen LogP contribution in [-0.2, 0) is 22.4 Å². The van der Waals surface area contributed by atoms with Gasteiger partial charge in [-0.25, -0.2) is 9.59 Å². The number of aliphatic carboxylic acids is 2. The average Bonchev–Trinajstić information content (AvgIpc) is 2.67. The molecule has 0 aromatic heterocycles. The summed E-state index contributed by atoms with van der Waals surface area (Å²) in [6.07, 6.45) is 7.50. The Balaban J connectivity index is 0.000000300. The number of para-hydroxylation sites is 1. The lowest BCUT2D eigenvalue weighted by Crippen LogP contribution is -2.50. The second-order valence-electron chi connectivity index (χ2n) is 7.38. The van der Waals surface area contributed by atoms with E-state index in [9.17, 15) is 9.59 Å². The summed E-state index contributed by atoms with van der Waals surface area (Å²) in [5, 5.41) is 15.6. The van der Waals surface area contributed by atoms with Crippen LogP contribution in [-0.4, -0.2) is 59.3 Å². The molecule has 0 radical (unpaired) electrons. The highest BCUT2D eigenvalue weighted by atomic mass is 16.4. The molecular weight excluding hydrogens is 356 g/mol. The van der Waals surface area contributed by atoms with Crippen LogP contribution in [0, 0.1) is 0 Å². The first-order chi connectivity index (χ1) is 13.5. The maximum atomic E-state index is 9.55. The van der Waals surface area contributed by atoms with Crippen LogP contribution in [0.1, 0.15) is 44.2 Å². The van der Waals surface area contributed by atoms with Crippen LogP contribution in [0.2, 0.25) is 0 Å². The zero-order chi connectivity index (χ0) is 20.5. The van der Waals surface area contributed by atoms with E-state index in [4.69, 9.17) is 10.2 Å². The summed E-state index contributed by atoms with van der Waals surface area (Å²) in [6.45, 7) is 9.61. The molecule has 1 atom stereocenters. The molecule has 0 bridgehead atoms. The maximum Gasteiger partial charge on any atom is 0.328 e. The lowest BCUT2D eigenvalue weighted by molar-refractivity contribution is -0.134. The minimum absolute atomic E-state index is 0.558. The number of nitrogens with zero attached hydrogens (tertiary/aromatic N) is 2. The molecule has 1 aromatic rings. The van der Waals surface area contributed by atoms with Crippen molar-refractivity contribution < 1.29 is 19.8 Å². The zero-order valence-corrected chi connectivity index (χ0v) is 16.9. The minimum Gasteiger partial charge on any atom is -0.478 e. The molecule has 6 heteroatoms. The molecule has 0 aliphatic carbocycles. The van der Waals surface area contributed by atoms with Crippen molar-refractivity contribution in [3.63, 3.8) is 0 Å². The summed E-state index contributed by atoms with van der Waals surface area (Å²) in [5.74, 6) is -2.51. The number of carboxylic acid groups (broad SMARTS) is 2. The first kappa shape index (κ1) is 22.0. The number of carbonyl (C=O) groups is 2. The number of aryl methyl sites for hydroxylation is 1. The van der Waals surface area contributed by atoms with Crippen molar-refractivity contribution in [1.29, 1.82) is 0 Å². The van der Waals surface area contributed by atoms with Gasteiger partial charge in [0.15, 0.2) is 0 Å². The van der Waals surface area contributed by atoms with Crippen LogP contribution in [0.25, 0.3) is 0 Å². The molecule has 0 saturated heterocycles. The van der Waals surface area contributed by atoms with Crippen molar-refractivity contribution in [2.45, 2.75) is 52.0 Å². The summed E-state index contributed by atoms with van der Waals surface area (Å²) < 4.78 is 0. The summed E-state index contributed by atoms with van der Waals surface area (Å²) in [5.41, 5.74) is 4.77. The second kappa shape index (κ2) is 10.9. The van der Waals surface area contributed by atoms with E-state index in [2.05, 4.69) is 41.8 Å². The average molecular weight is 389 g/mol. The number of carboxylic acids is 2. The number of hydrogen-bond acceptors (Lipinski definition) is 4. The van der Waals surface area contributed by atoms with Crippen LogP contribution >= 0.6 is 0 Å². The largest absolute Gasteiger partial charge is 0.478 e. The fourth-order valence-corrected chi connectivity index (χ4v) is 4.18. The molecule has 2 aliphatic rings. The van der Waals surface area contributed by atoms with Crippen LogP contribution in [0.4, 0.5) is 5.69 Å². The third-order valence-corrected chi connectivity index (χ3v) is 5.19. The molecule has 0 amide bonds. The summed E-state index contributed by atoms with van der Waals surface area (Å²) in [4.78, 5) is 24.5. The van der Waals surface area contributed by atoms with Gasteiger partial charge in [0.2, 0.25) is 0 Å². The Bertz CT molecular complexity index is 680. The van der Waals surface area contributed by atoms with Gasteiger partial charge in [0.1, 0.15) is 0 Å². The molecule has 2 N–H and O–H groups in total. The predicted octanol–water partition coefficient (Wildman–Crippen LogP) is 3.20. The molecule has 2 heterocycles. The second-order valence-corrected chi connectivity index (χ2v) is 7.38. The van der Waals surface area contributed by atoms with Crippen molar-refractivity contribution in [2.75, 3.05) is 31.1 Å². The van der Waals surface area contributed by atoms with E-state index < -0.39 is 11.9 Å². The lowest BCUT2D eigenvalue weighted by Gasteiger charge is -2.44. The van der Waals surface area contributed by atoms with E-state index in [0.717, 1.165) is 6.04 Å². The Labute approximate surface area is 167 Å². The van der Waals surface area contributed by atoms with Gasteiger partial charge >= 0.3 is 11.9 Å². The van der Waals surface area contributed by atoms with E-state index in [1.54, 1.807) is 16.8 Å². The van der Waals surface area contributed by atoms with Gasteiger partial charge in [-0.15, -0.1) is 0 Å². The fourth-order valence-electron chi connectivity index (χ4n) is 4.18. The van der Waals surface area contributed by atoms with E-state index in [1.165, 1.54) is 58.3 Å². The third-order valence-electron chi connectivity index (χ3n) is 5.19. The topological polar surface area (TPSA) is 81.1 Å². The lowest BCUT2D eigenvalue weighted by atomic mass is 9.89. The molecule has 1 unspecified atom stereocenters. The van der Waals surface area contributed by atoms with E-state index >= 15 is 0 Å². The molecule has 2 aliphatic heterocycles. The first-order valence-corrected chi connectivity index (χ1v) is 10.2. The molecule has 6 nitrogen and oxygen atoms in total. The van der Waals surface area contributed by atoms with Crippen LogP contribution < -0.4 is 4.90 Å². The van der Waals surface area contributed by atoms with Crippen LogP contribution in [0.15, 0.2) is 30.4 Å². The van der Waals surface area contributed by atoms with Gasteiger partial charge in [0.05, 0.1) is 0 Å². The van der Waals surface area contributed by atoms with Crippen LogP contribution in [0.3, 0.4) is 0 Å². The van der Waals surface area contributed by atoms with Crippen molar-refractivity contribution in [1.82, 2.24) is 4.90 Å². The number of hydrogen-bond donors (Lipinski definition) is 2. The SMILES string of the molecule is CCCN(CCC)C1Cc2cccc3c2N(CCC3)C1.O=C(O)/C=C/C(=O)O. The monoisotopic (exact) mass is 388 g/mol. The van der Waals surface area contributed by atoms with Gasteiger partial charge < -0.3 is 15.1 Å². The number of rotatable bonds is 7. The molecule has 28 heavy (non-hydrogen) atoms. The Morgan fingerprint density at radius 2 is 1.71 bits per heavy atom. The number of anilines is 1. The van der Waals surface area contributed by atoms with Gasteiger partial charge in [0, 0.05) is 37.0 Å². The quantitative estimate of drug-likeness (QED) is 0.698. The molecule has 0 spiro atoms. The Morgan fingerprint density at radius 3 is 2.29 bits per heavy atom. The fraction of sp³-hybridized carbons (Fsp3) is 0.545. The highest BCUT2D eigenvalue weighted by Crippen LogP contribution is 2.36. The smallest absolute Gasteiger partial charge is 0.328 e. The minimum atomic E-state index is -1.26. The summed E-state index contributed by atoms with van der Waals surface area (Å²) in [6, 6.07) is 7.68. The molecule has 154 valence electrons. The first-order valence-electron chi connectivity index (χ1n) is 10.2. The van der Waals surface area contributed by atoms with Crippen molar-refractivity contribution in [3.05, 3.63) is 41.5 Å². The Morgan fingerprint density at radius 1 is 1.11 bits per heavy atom. The predicted molar refractivity (Wildman–Crippen MR) is 111 cm³/mol. The zero-order valence-electron chi connectivity index (χ0n) is 16.9. The molecular formula is C22H32N2O4. The molecule has 0 fully saturated rings. The van der Waals surface area contributed by atoms with Gasteiger partial charge in [-0.05, 0) is 56.3 Å². The van der Waals surface area contributed by atoms with E-state index in [-0.39, 0.29) is 0 Å². The summed E-state index contributed by atoms with van der Waals surface area (Å²) in [7, 11) is 0. The van der Waals surface area contributed by atoms with Gasteiger partial charge in [-0.1, -0.05) is 32.0 Å². The highest BCUT2D eigenvalue weighted by molar-refractivity contribution is 5.89. The molecule has 0 saturated carbocycles.